The van der Waals surface area contributed by atoms with Crippen LogP contribution in [0.15, 0.2) is 48.8 Å². The monoisotopic (exact) mass is 462 g/mol. The van der Waals surface area contributed by atoms with Crippen molar-refractivity contribution in [3.8, 4) is 5.69 Å². The van der Waals surface area contributed by atoms with E-state index in [1.165, 1.54) is 12.1 Å². The molecular formula is C22H22F4N6O. The molecule has 2 aromatic heterocycles. The van der Waals surface area contributed by atoms with Gasteiger partial charge in [-0.25, -0.2) is 14.1 Å². The van der Waals surface area contributed by atoms with Gasteiger partial charge in [-0.1, -0.05) is 18.2 Å². The summed E-state index contributed by atoms with van der Waals surface area (Å²) in [4.78, 5) is 21.3. The first kappa shape index (κ1) is 22.7. The van der Waals surface area contributed by atoms with Gasteiger partial charge >= 0.3 is 6.18 Å². The first-order valence-electron chi connectivity index (χ1n) is 10.3. The van der Waals surface area contributed by atoms with Gasteiger partial charge in [0.1, 0.15) is 17.3 Å². The smallest absolute Gasteiger partial charge is 0.354 e. The summed E-state index contributed by atoms with van der Waals surface area (Å²) < 4.78 is 55.7. The second-order valence-corrected chi connectivity index (χ2v) is 7.77. The van der Waals surface area contributed by atoms with Crippen LogP contribution < -0.4 is 10.2 Å². The van der Waals surface area contributed by atoms with E-state index in [9.17, 15) is 22.4 Å². The summed E-state index contributed by atoms with van der Waals surface area (Å²) in [6.07, 6.45) is -2.54. The number of nitrogens with zero attached hydrogens (tertiary/aromatic N) is 5. The topological polar surface area (TPSA) is 66.3 Å². The van der Waals surface area contributed by atoms with Crippen molar-refractivity contribution in [3.05, 3.63) is 71.4 Å². The molecule has 0 radical (unpaired) electrons. The number of hydrogen-bond acceptors (Lipinski definition) is 5. The van der Waals surface area contributed by atoms with Gasteiger partial charge < -0.3 is 15.1 Å². The Hall–Kier alpha value is -3.47. The number of pyridine rings is 1. The number of aromatic nitrogens is 3. The number of alkyl halides is 3. The van der Waals surface area contributed by atoms with Crippen LogP contribution in [0.2, 0.25) is 0 Å². The number of amides is 1. The lowest BCUT2D eigenvalue weighted by atomic mass is 10.2. The van der Waals surface area contributed by atoms with Gasteiger partial charge in [0.2, 0.25) is 0 Å². The molecule has 0 aliphatic carbocycles. The van der Waals surface area contributed by atoms with Crippen molar-refractivity contribution in [1.82, 2.24) is 25.0 Å². The van der Waals surface area contributed by atoms with E-state index in [1.54, 1.807) is 12.3 Å². The van der Waals surface area contributed by atoms with Crippen LogP contribution >= 0.6 is 0 Å². The van der Waals surface area contributed by atoms with Crippen LogP contribution in [0.4, 0.5) is 23.4 Å². The zero-order valence-corrected chi connectivity index (χ0v) is 17.8. The second-order valence-electron chi connectivity index (χ2n) is 7.77. The lowest BCUT2D eigenvalue weighted by Crippen LogP contribution is -2.44. The van der Waals surface area contributed by atoms with Crippen molar-refractivity contribution in [2.24, 2.45) is 0 Å². The first-order valence-corrected chi connectivity index (χ1v) is 10.3. The molecule has 0 unspecified atom stereocenters. The minimum Gasteiger partial charge on any atom is -0.354 e. The third-order valence-corrected chi connectivity index (χ3v) is 5.45. The summed E-state index contributed by atoms with van der Waals surface area (Å²) in [5.41, 5.74) is -1.79. The van der Waals surface area contributed by atoms with E-state index in [2.05, 4.69) is 32.2 Å². The Morgan fingerprint density at radius 2 is 1.79 bits per heavy atom. The molecule has 7 nitrogen and oxygen atoms in total. The number of halogens is 4. The number of hydrogen-bond donors (Lipinski definition) is 1. The number of carbonyl (C=O) groups is 1. The molecule has 4 rings (SSSR count). The molecule has 1 saturated heterocycles. The Balaban J connectivity index is 1.48. The highest BCUT2D eigenvalue weighted by atomic mass is 19.4. The molecule has 1 amide bonds. The second kappa shape index (κ2) is 9.18. The quantitative estimate of drug-likeness (QED) is 0.591. The summed E-state index contributed by atoms with van der Waals surface area (Å²) in [6.45, 7) is 3.55. The molecule has 3 heterocycles. The third-order valence-electron chi connectivity index (χ3n) is 5.45. The van der Waals surface area contributed by atoms with Gasteiger partial charge in [0.05, 0.1) is 11.8 Å². The van der Waals surface area contributed by atoms with Gasteiger partial charge in [-0.2, -0.15) is 18.3 Å². The fraction of sp³-hybridized carbons (Fsp3) is 0.318. The average Bonchev–Trinajstić information content (AvgIpc) is 3.24. The predicted molar refractivity (Wildman–Crippen MR) is 114 cm³/mol. The molecule has 0 spiro atoms. The minimum atomic E-state index is -4.92. The van der Waals surface area contributed by atoms with Crippen molar-refractivity contribution in [1.29, 1.82) is 0 Å². The van der Waals surface area contributed by atoms with E-state index in [0.29, 0.717) is 10.2 Å². The SMILES string of the molecule is CN1CCN(c2ccc(CNC(=O)c3cnn(-c4ccccc4F)c3C(F)(F)F)cn2)CC1. The lowest BCUT2D eigenvalue weighted by Gasteiger charge is -2.33. The summed E-state index contributed by atoms with van der Waals surface area (Å²) in [5, 5.41) is 6.10. The van der Waals surface area contributed by atoms with E-state index < -0.39 is 34.8 Å². The molecule has 3 aromatic rings. The molecule has 1 aromatic carbocycles. The van der Waals surface area contributed by atoms with Crippen LogP contribution in [0.3, 0.4) is 0 Å². The largest absolute Gasteiger partial charge is 0.434 e. The van der Waals surface area contributed by atoms with Crippen LogP contribution in [0, 0.1) is 5.82 Å². The zero-order valence-electron chi connectivity index (χ0n) is 17.8. The Morgan fingerprint density at radius 3 is 2.42 bits per heavy atom. The molecule has 0 bridgehead atoms. The summed E-state index contributed by atoms with van der Waals surface area (Å²) in [5.74, 6) is -1.04. The number of piperazine rings is 1. The normalized spacial score (nSPS) is 15.0. The Kier molecular flexibility index (Phi) is 6.32. The maximum absolute atomic E-state index is 14.1. The highest BCUT2D eigenvalue weighted by molar-refractivity contribution is 5.95. The van der Waals surface area contributed by atoms with Gasteiger partial charge in [-0.15, -0.1) is 0 Å². The number of para-hydroxylation sites is 1. The van der Waals surface area contributed by atoms with Gasteiger partial charge in [0.15, 0.2) is 5.69 Å². The molecular weight excluding hydrogens is 440 g/mol. The summed E-state index contributed by atoms with van der Waals surface area (Å²) in [7, 11) is 2.06. The molecule has 174 valence electrons. The molecule has 0 atom stereocenters. The molecule has 1 aliphatic heterocycles. The van der Waals surface area contributed by atoms with Crippen molar-refractivity contribution in [2.75, 3.05) is 38.1 Å². The Bertz CT molecular complexity index is 1120. The lowest BCUT2D eigenvalue weighted by molar-refractivity contribution is -0.143. The predicted octanol–water partition coefficient (Wildman–Crippen LogP) is 3.11. The van der Waals surface area contributed by atoms with Crippen molar-refractivity contribution >= 4 is 11.7 Å². The highest BCUT2D eigenvalue weighted by Gasteiger charge is 2.41. The van der Waals surface area contributed by atoms with Crippen LogP contribution in [0.25, 0.3) is 5.69 Å². The highest BCUT2D eigenvalue weighted by Crippen LogP contribution is 2.34. The van der Waals surface area contributed by atoms with Crippen LogP contribution in [0.1, 0.15) is 21.6 Å². The minimum absolute atomic E-state index is 0.0168. The van der Waals surface area contributed by atoms with E-state index >= 15 is 0 Å². The number of benzene rings is 1. The van der Waals surface area contributed by atoms with Crippen molar-refractivity contribution in [3.63, 3.8) is 0 Å². The number of likely N-dealkylation sites (N-methyl/N-ethyl adjacent to an activating group) is 1. The number of carbonyl (C=O) groups excluding carboxylic acids is 1. The third kappa shape index (κ3) is 4.98. The van der Waals surface area contributed by atoms with E-state index in [0.717, 1.165) is 50.3 Å². The molecule has 1 fully saturated rings. The van der Waals surface area contributed by atoms with Crippen LogP contribution in [-0.4, -0.2) is 58.8 Å². The average molecular weight is 462 g/mol. The van der Waals surface area contributed by atoms with Crippen LogP contribution in [-0.2, 0) is 12.7 Å². The maximum Gasteiger partial charge on any atom is 0.434 e. The number of nitrogens with one attached hydrogen (secondary N) is 1. The van der Waals surface area contributed by atoms with Crippen LogP contribution in [0.5, 0.6) is 0 Å². The first-order chi connectivity index (χ1) is 15.7. The molecule has 0 saturated carbocycles. The van der Waals surface area contributed by atoms with E-state index in [-0.39, 0.29) is 6.54 Å². The van der Waals surface area contributed by atoms with Gasteiger partial charge in [0, 0.05) is 38.9 Å². The van der Waals surface area contributed by atoms with Crippen molar-refractivity contribution in [2.45, 2.75) is 12.7 Å². The standard InChI is InChI=1S/C22H22F4N6O/c1-30-8-10-31(11-9-30)19-7-6-15(12-27-19)13-28-21(33)16-14-29-32(20(16)22(24,25)26)18-5-3-2-4-17(18)23/h2-7,12,14H,8-11,13H2,1H3,(H,28,33). The fourth-order valence-corrected chi connectivity index (χ4v) is 3.61. The Labute approximate surface area is 187 Å². The zero-order chi connectivity index (χ0) is 23.6. The molecule has 1 aliphatic rings. The fourth-order valence-electron chi connectivity index (χ4n) is 3.61. The summed E-state index contributed by atoms with van der Waals surface area (Å²) >= 11 is 0. The van der Waals surface area contributed by atoms with E-state index in [1.807, 2.05) is 6.07 Å². The molecule has 11 heteroatoms. The van der Waals surface area contributed by atoms with E-state index in [4.69, 9.17) is 0 Å². The maximum atomic E-state index is 14.1. The Morgan fingerprint density at radius 1 is 1.06 bits per heavy atom. The number of rotatable bonds is 5. The number of anilines is 1. The van der Waals surface area contributed by atoms with Gasteiger partial charge in [0.25, 0.3) is 5.91 Å². The molecule has 1 N–H and O–H groups in total. The molecule has 33 heavy (non-hydrogen) atoms. The van der Waals surface area contributed by atoms with Gasteiger partial charge in [-0.05, 0) is 30.8 Å². The summed E-state index contributed by atoms with van der Waals surface area (Å²) in [6, 6.07) is 8.52. The van der Waals surface area contributed by atoms with Gasteiger partial charge in [-0.3, -0.25) is 4.79 Å². The van der Waals surface area contributed by atoms with Crippen molar-refractivity contribution < 1.29 is 22.4 Å².